The van der Waals surface area contributed by atoms with Crippen LogP contribution in [-0.2, 0) is 0 Å². The SMILES string of the molecule is CCCNc1nc(OCCC)nc(Oc2cc(C)[nH]n2)n1. The number of hydrogen-bond acceptors (Lipinski definition) is 7. The van der Waals surface area contributed by atoms with E-state index in [0.717, 1.165) is 25.1 Å². The van der Waals surface area contributed by atoms with Gasteiger partial charge >= 0.3 is 12.0 Å². The number of ether oxygens (including phenoxy) is 2. The molecule has 21 heavy (non-hydrogen) atoms. The minimum Gasteiger partial charge on any atom is -0.463 e. The fourth-order valence-electron chi connectivity index (χ4n) is 1.50. The van der Waals surface area contributed by atoms with Crippen LogP contribution >= 0.6 is 0 Å². The van der Waals surface area contributed by atoms with E-state index in [-0.39, 0.29) is 12.0 Å². The van der Waals surface area contributed by atoms with Gasteiger partial charge < -0.3 is 14.8 Å². The van der Waals surface area contributed by atoms with Crippen LogP contribution in [0.5, 0.6) is 17.9 Å². The molecule has 0 atom stereocenters. The van der Waals surface area contributed by atoms with Crippen LogP contribution in [0, 0.1) is 6.92 Å². The molecule has 0 saturated carbocycles. The smallest absolute Gasteiger partial charge is 0.331 e. The van der Waals surface area contributed by atoms with Crippen LogP contribution in [-0.4, -0.2) is 38.3 Å². The molecule has 0 aliphatic carbocycles. The van der Waals surface area contributed by atoms with Crippen molar-refractivity contribution in [3.63, 3.8) is 0 Å². The van der Waals surface area contributed by atoms with Gasteiger partial charge in [-0.3, -0.25) is 5.10 Å². The highest BCUT2D eigenvalue weighted by molar-refractivity contribution is 5.28. The molecule has 2 aromatic rings. The number of nitrogens with zero attached hydrogens (tertiary/aromatic N) is 4. The third-order valence-corrected chi connectivity index (χ3v) is 2.44. The number of aromatic amines is 1. The Hall–Kier alpha value is -2.38. The summed E-state index contributed by atoms with van der Waals surface area (Å²) in [6, 6.07) is 2.16. The standard InChI is InChI=1S/C13H20N6O2/c1-4-6-14-11-15-12(20-7-5-2)17-13(16-11)21-10-8-9(3)18-19-10/h8H,4-7H2,1-3H3,(H,18,19)(H,14,15,16,17). The van der Waals surface area contributed by atoms with Crippen molar-refractivity contribution in [2.45, 2.75) is 33.6 Å². The van der Waals surface area contributed by atoms with Crippen LogP contribution in [0.15, 0.2) is 6.07 Å². The van der Waals surface area contributed by atoms with E-state index in [1.165, 1.54) is 0 Å². The van der Waals surface area contributed by atoms with E-state index in [2.05, 4.69) is 37.4 Å². The number of aryl methyl sites for hydroxylation is 1. The first kappa shape index (κ1) is 15.0. The zero-order valence-electron chi connectivity index (χ0n) is 12.5. The van der Waals surface area contributed by atoms with Crippen molar-refractivity contribution in [2.24, 2.45) is 0 Å². The first-order valence-corrected chi connectivity index (χ1v) is 7.04. The molecule has 0 saturated heterocycles. The Bertz CT molecular complexity index is 545. The molecular weight excluding hydrogens is 272 g/mol. The largest absolute Gasteiger partial charge is 0.463 e. The van der Waals surface area contributed by atoms with Crippen LogP contribution in [0.3, 0.4) is 0 Å². The lowest BCUT2D eigenvalue weighted by atomic mass is 10.5. The monoisotopic (exact) mass is 292 g/mol. The number of H-pyrrole nitrogens is 1. The van der Waals surface area contributed by atoms with E-state index in [4.69, 9.17) is 9.47 Å². The molecular formula is C13H20N6O2. The van der Waals surface area contributed by atoms with E-state index in [1.807, 2.05) is 13.8 Å². The van der Waals surface area contributed by atoms with Crippen molar-refractivity contribution in [3.8, 4) is 17.9 Å². The van der Waals surface area contributed by atoms with Gasteiger partial charge in [0.25, 0.3) is 0 Å². The third-order valence-electron chi connectivity index (χ3n) is 2.44. The predicted molar refractivity (Wildman–Crippen MR) is 77.8 cm³/mol. The maximum Gasteiger partial charge on any atom is 0.331 e. The number of nitrogens with one attached hydrogen (secondary N) is 2. The molecule has 0 radical (unpaired) electrons. The number of anilines is 1. The van der Waals surface area contributed by atoms with Gasteiger partial charge in [0.2, 0.25) is 11.8 Å². The minimum absolute atomic E-state index is 0.154. The fraction of sp³-hybridized carbons (Fsp3) is 0.538. The lowest BCUT2D eigenvalue weighted by Crippen LogP contribution is -2.09. The van der Waals surface area contributed by atoms with Crippen molar-refractivity contribution >= 4 is 5.95 Å². The molecule has 8 heteroatoms. The summed E-state index contributed by atoms with van der Waals surface area (Å²) in [5.41, 5.74) is 0.894. The maximum atomic E-state index is 5.52. The fourth-order valence-corrected chi connectivity index (χ4v) is 1.50. The quantitative estimate of drug-likeness (QED) is 0.770. The van der Waals surface area contributed by atoms with E-state index < -0.39 is 0 Å². The highest BCUT2D eigenvalue weighted by Gasteiger charge is 2.10. The van der Waals surface area contributed by atoms with E-state index in [1.54, 1.807) is 6.07 Å². The molecule has 2 rings (SSSR count). The summed E-state index contributed by atoms with van der Waals surface area (Å²) in [6.07, 6.45) is 1.84. The normalized spacial score (nSPS) is 10.4. The number of hydrogen-bond donors (Lipinski definition) is 2. The summed E-state index contributed by atoms with van der Waals surface area (Å²) in [4.78, 5) is 12.5. The Labute approximate surface area is 123 Å². The molecule has 0 amide bonds. The summed E-state index contributed by atoms with van der Waals surface area (Å²) in [7, 11) is 0. The van der Waals surface area contributed by atoms with E-state index in [0.29, 0.717) is 18.4 Å². The molecule has 0 unspecified atom stereocenters. The maximum absolute atomic E-state index is 5.52. The van der Waals surface area contributed by atoms with Crippen molar-refractivity contribution in [2.75, 3.05) is 18.5 Å². The zero-order chi connectivity index (χ0) is 15.1. The molecule has 2 heterocycles. The molecule has 114 valence electrons. The van der Waals surface area contributed by atoms with Crippen molar-refractivity contribution in [3.05, 3.63) is 11.8 Å². The summed E-state index contributed by atoms with van der Waals surface area (Å²) in [5.74, 6) is 0.835. The van der Waals surface area contributed by atoms with Crippen molar-refractivity contribution in [1.82, 2.24) is 25.1 Å². The van der Waals surface area contributed by atoms with Crippen LogP contribution in [0.1, 0.15) is 32.4 Å². The van der Waals surface area contributed by atoms with E-state index in [9.17, 15) is 0 Å². The molecule has 2 aromatic heterocycles. The molecule has 0 aliphatic heterocycles. The van der Waals surface area contributed by atoms with Crippen LogP contribution < -0.4 is 14.8 Å². The second-order valence-corrected chi connectivity index (χ2v) is 4.49. The number of aromatic nitrogens is 5. The van der Waals surface area contributed by atoms with Crippen LogP contribution in [0.2, 0.25) is 0 Å². The molecule has 0 aromatic carbocycles. The molecule has 0 spiro atoms. The summed E-state index contributed by atoms with van der Waals surface area (Å²) < 4.78 is 11.0. The van der Waals surface area contributed by atoms with Crippen molar-refractivity contribution in [1.29, 1.82) is 0 Å². The van der Waals surface area contributed by atoms with Gasteiger partial charge in [-0.2, -0.15) is 9.97 Å². The Morgan fingerprint density at radius 2 is 1.95 bits per heavy atom. The Kier molecular flexibility index (Phi) is 5.30. The Balaban J connectivity index is 2.16. The highest BCUT2D eigenvalue weighted by Crippen LogP contribution is 2.19. The number of rotatable bonds is 8. The summed E-state index contributed by atoms with van der Waals surface area (Å²) >= 11 is 0. The van der Waals surface area contributed by atoms with Gasteiger partial charge in [0.05, 0.1) is 6.61 Å². The average Bonchev–Trinajstić information content (AvgIpc) is 2.88. The topological polar surface area (TPSA) is 97.8 Å². The Morgan fingerprint density at radius 1 is 1.14 bits per heavy atom. The van der Waals surface area contributed by atoms with Gasteiger partial charge in [-0.1, -0.05) is 13.8 Å². The highest BCUT2D eigenvalue weighted by atomic mass is 16.5. The van der Waals surface area contributed by atoms with Crippen molar-refractivity contribution < 1.29 is 9.47 Å². The first-order valence-electron chi connectivity index (χ1n) is 7.04. The third kappa shape index (κ3) is 4.59. The second-order valence-electron chi connectivity index (χ2n) is 4.49. The minimum atomic E-state index is 0.154. The molecule has 0 aliphatic rings. The molecule has 8 nitrogen and oxygen atoms in total. The van der Waals surface area contributed by atoms with Gasteiger partial charge in [-0.05, 0) is 19.8 Å². The molecule has 2 N–H and O–H groups in total. The lowest BCUT2D eigenvalue weighted by Gasteiger charge is -2.08. The molecule has 0 fully saturated rings. The van der Waals surface area contributed by atoms with Gasteiger partial charge in [0.15, 0.2) is 0 Å². The lowest BCUT2D eigenvalue weighted by molar-refractivity contribution is 0.284. The van der Waals surface area contributed by atoms with Crippen LogP contribution in [0.4, 0.5) is 5.95 Å². The van der Waals surface area contributed by atoms with Crippen LogP contribution in [0.25, 0.3) is 0 Å². The Morgan fingerprint density at radius 3 is 2.62 bits per heavy atom. The predicted octanol–water partition coefficient (Wildman–Crippen LogP) is 2.31. The van der Waals surface area contributed by atoms with Gasteiger partial charge in [-0.25, -0.2) is 0 Å². The summed E-state index contributed by atoms with van der Waals surface area (Å²) in [6.45, 7) is 7.27. The zero-order valence-corrected chi connectivity index (χ0v) is 12.5. The van der Waals surface area contributed by atoms with E-state index >= 15 is 0 Å². The average molecular weight is 292 g/mol. The first-order chi connectivity index (χ1) is 10.2. The second kappa shape index (κ2) is 7.41. The summed E-state index contributed by atoms with van der Waals surface area (Å²) in [5, 5.41) is 9.87. The molecule has 0 bridgehead atoms. The van der Waals surface area contributed by atoms with Gasteiger partial charge in [0.1, 0.15) is 0 Å². The van der Waals surface area contributed by atoms with Gasteiger partial charge in [0, 0.05) is 18.3 Å². The van der Waals surface area contributed by atoms with Gasteiger partial charge in [-0.15, -0.1) is 10.1 Å².